The van der Waals surface area contributed by atoms with Crippen molar-refractivity contribution in [2.75, 3.05) is 20.8 Å². The summed E-state index contributed by atoms with van der Waals surface area (Å²) in [5.41, 5.74) is 1.32. The lowest BCUT2D eigenvalue weighted by Crippen LogP contribution is -2.19. The van der Waals surface area contributed by atoms with Gasteiger partial charge in [0.05, 0.1) is 43.6 Å². The SMILES string of the molecule is CCOC(=O)c1cnn2c1ncc1c(=O)n(-c3cc(OC)ccc3OC)ccc12. The highest BCUT2D eigenvalue weighted by molar-refractivity contribution is 5.97. The van der Waals surface area contributed by atoms with Crippen LogP contribution in [0.2, 0.25) is 0 Å². The van der Waals surface area contributed by atoms with Gasteiger partial charge in [-0.3, -0.25) is 9.36 Å². The van der Waals surface area contributed by atoms with E-state index in [1.54, 1.807) is 44.5 Å². The minimum Gasteiger partial charge on any atom is -0.497 e. The Balaban J connectivity index is 1.93. The molecule has 0 saturated heterocycles. The van der Waals surface area contributed by atoms with E-state index in [9.17, 15) is 9.59 Å². The summed E-state index contributed by atoms with van der Waals surface area (Å²) in [6.45, 7) is 1.97. The molecule has 0 aliphatic carbocycles. The molecule has 4 rings (SSSR count). The molecule has 0 unspecified atom stereocenters. The van der Waals surface area contributed by atoms with E-state index < -0.39 is 5.97 Å². The summed E-state index contributed by atoms with van der Waals surface area (Å²) >= 11 is 0. The zero-order valence-electron chi connectivity index (χ0n) is 16.1. The van der Waals surface area contributed by atoms with Crippen LogP contribution in [0.25, 0.3) is 22.2 Å². The van der Waals surface area contributed by atoms with Gasteiger partial charge in [0.1, 0.15) is 17.1 Å². The van der Waals surface area contributed by atoms with Gasteiger partial charge < -0.3 is 14.2 Å². The summed E-state index contributed by atoms with van der Waals surface area (Å²) in [6, 6.07) is 6.92. The molecule has 0 spiro atoms. The Kier molecular flexibility index (Phi) is 4.63. The number of esters is 1. The van der Waals surface area contributed by atoms with Gasteiger partial charge in [-0.2, -0.15) is 5.10 Å². The van der Waals surface area contributed by atoms with Crippen molar-refractivity contribution >= 4 is 22.5 Å². The molecule has 29 heavy (non-hydrogen) atoms. The number of benzene rings is 1. The Bertz CT molecular complexity index is 1290. The van der Waals surface area contributed by atoms with Crippen LogP contribution < -0.4 is 15.0 Å². The van der Waals surface area contributed by atoms with E-state index in [0.29, 0.717) is 33.7 Å². The highest BCUT2D eigenvalue weighted by Crippen LogP contribution is 2.27. The van der Waals surface area contributed by atoms with Gasteiger partial charge in [0.2, 0.25) is 0 Å². The van der Waals surface area contributed by atoms with E-state index in [4.69, 9.17) is 14.2 Å². The van der Waals surface area contributed by atoms with Gasteiger partial charge in [-0.25, -0.2) is 14.3 Å². The van der Waals surface area contributed by atoms with E-state index in [1.165, 1.54) is 28.6 Å². The number of pyridine rings is 1. The summed E-state index contributed by atoms with van der Waals surface area (Å²) in [5.74, 6) is 0.598. The minimum absolute atomic E-state index is 0.243. The van der Waals surface area contributed by atoms with Gasteiger partial charge in [0.15, 0.2) is 5.65 Å². The predicted octanol–water partition coefficient (Wildman–Crippen LogP) is 2.23. The third-order valence-corrected chi connectivity index (χ3v) is 4.54. The number of methoxy groups -OCH3 is 2. The van der Waals surface area contributed by atoms with Crippen molar-refractivity contribution in [2.24, 2.45) is 0 Å². The van der Waals surface area contributed by atoms with Crippen LogP contribution in [0, 0.1) is 0 Å². The molecular weight excluding hydrogens is 376 g/mol. The van der Waals surface area contributed by atoms with E-state index in [-0.39, 0.29) is 17.7 Å². The topological polar surface area (TPSA) is 97.0 Å². The predicted molar refractivity (Wildman–Crippen MR) is 105 cm³/mol. The Morgan fingerprint density at radius 1 is 1.14 bits per heavy atom. The van der Waals surface area contributed by atoms with Gasteiger partial charge in [-0.1, -0.05) is 0 Å². The highest BCUT2D eigenvalue weighted by atomic mass is 16.5. The molecule has 0 atom stereocenters. The summed E-state index contributed by atoms with van der Waals surface area (Å²) < 4.78 is 18.6. The van der Waals surface area contributed by atoms with Crippen molar-refractivity contribution in [2.45, 2.75) is 6.92 Å². The van der Waals surface area contributed by atoms with Gasteiger partial charge in [-0.05, 0) is 25.1 Å². The van der Waals surface area contributed by atoms with E-state index in [0.717, 1.165) is 0 Å². The molecule has 0 fully saturated rings. The van der Waals surface area contributed by atoms with Crippen molar-refractivity contribution in [1.82, 2.24) is 19.2 Å². The fourth-order valence-corrected chi connectivity index (χ4v) is 3.14. The number of hydrogen-bond acceptors (Lipinski definition) is 7. The van der Waals surface area contributed by atoms with Crippen LogP contribution in [0.15, 0.2) is 47.7 Å². The molecule has 9 heteroatoms. The second-order valence-corrected chi connectivity index (χ2v) is 6.10. The summed E-state index contributed by atoms with van der Waals surface area (Å²) in [7, 11) is 3.08. The monoisotopic (exact) mass is 394 g/mol. The number of hydrogen-bond donors (Lipinski definition) is 0. The van der Waals surface area contributed by atoms with E-state index in [2.05, 4.69) is 10.1 Å². The Morgan fingerprint density at radius 2 is 1.97 bits per heavy atom. The molecule has 148 valence electrons. The van der Waals surface area contributed by atoms with Gasteiger partial charge >= 0.3 is 5.97 Å². The molecule has 3 aromatic heterocycles. The fraction of sp³-hybridized carbons (Fsp3) is 0.200. The number of nitrogens with zero attached hydrogens (tertiary/aromatic N) is 4. The third-order valence-electron chi connectivity index (χ3n) is 4.54. The van der Waals surface area contributed by atoms with Crippen LogP contribution in [0.4, 0.5) is 0 Å². The van der Waals surface area contributed by atoms with Gasteiger partial charge in [0.25, 0.3) is 5.56 Å². The van der Waals surface area contributed by atoms with Crippen LogP contribution in [0.1, 0.15) is 17.3 Å². The van der Waals surface area contributed by atoms with Crippen molar-refractivity contribution in [1.29, 1.82) is 0 Å². The Labute approximate surface area is 165 Å². The number of ether oxygens (including phenoxy) is 3. The third kappa shape index (κ3) is 2.96. The first-order valence-corrected chi connectivity index (χ1v) is 8.86. The molecule has 0 aliphatic heterocycles. The van der Waals surface area contributed by atoms with Crippen LogP contribution in [0.3, 0.4) is 0 Å². The second kappa shape index (κ2) is 7.27. The molecule has 0 bridgehead atoms. The maximum absolute atomic E-state index is 13.2. The molecule has 1 aromatic carbocycles. The summed E-state index contributed by atoms with van der Waals surface area (Å²) in [4.78, 5) is 29.5. The van der Waals surface area contributed by atoms with Gasteiger partial charge in [-0.15, -0.1) is 0 Å². The molecule has 4 aromatic rings. The first kappa shape index (κ1) is 18.5. The lowest BCUT2D eigenvalue weighted by atomic mass is 10.2. The average Bonchev–Trinajstić information content (AvgIpc) is 3.18. The number of carbonyl (C=O) groups is 1. The lowest BCUT2D eigenvalue weighted by Gasteiger charge is -2.13. The van der Waals surface area contributed by atoms with Crippen LogP contribution in [-0.4, -0.2) is 46.0 Å². The van der Waals surface area contributed by atoms with Crippen molar-refractivity contribution < 1.29 is 19.0 Å². The first-order valence-electron chi connectivity index (χ1n) is 8.86. The summed E-state index contributed by atoms with van der Waals surface area (Å²) in [5, 5.41) is 4.55. The molecule has 0 amide bonds. The molecular formula is C20H18N4O5. The van der Waals surface area contributed by atoms with Crippen molar-refractivity contribution in [3.8, 4) is 17.2 Å². The van der Waals surface area contributed by atoms with Crippen LogP contribution in [-0.2, 0) is 4.74 Å². The Hall–Kier alpha value is -3.88. The maximum atomic E-state index is 13.2. The average molecular weight is 394 g/mol. The zero-order valence-corrected chi connectivity index (χ0v) is 16.1. The largest absolute Gasteiger partial charge is 0.497 e. The standard InChI is InChI=1S/C20H18N4O5/c1-4-29-20(26)14-11-22-24-15-7-8-23(19(25)13(15)10-21-18(14)24)16-9-12(27-2)5-6-17(16)28-3/h5-11H,4H2,1-3H3. The summed E-state index contributed by atoms with van der Waals surface area (Å²) in [6.07, 6.45) is 4.43. The molecule has 9 nitrogen and oxygen atoms in total. The zero-order chi connectivity index (χ0) is 20.5. The second-order valence-electron chi connectivity index (χ2n) is 6.10. The molecule has 0 aliphatic rings. The number of carbonyl (C=O) groups excluding carboxylic acids is 1. The quantitative estimate of drug-likeness (QED) is 0.479. The van der Waals surface area contributed by atoms with Crippen LogP contribution >= 0.6 is 0 Å². The van der Waals surface area contributed by atoms with Crippen molar-refractivity contribution in [3.05, 3.63) is 58.8 Å². The molecule has 0 radical (unpaired) electrons. The van der Waals surface area contributed by atoms with E-state index in [1.807, 2.05) is 0 Å². The fourth-order valence-electron chi connectivity index (χ4n) is 3.14. The van der Waals surface area contributed by atoms with Crippen molar-refractivity contribution in [3.63, 3.8) is 0 Å². The normalized spacial score (nSPS) is 11.0. The molecule has 0 saturated carbocycles. The molecule has 0 N–H and O–H groups in total. The number of fused-ring (bicyclic) bond motifs is 3. The maximum Gasteiger partial charge on any atom is 0.343 e. The van der Waals surface area contributed by atoms with Gasteiger partial charge in [0, 0.05) is 18.5 Å². The number of aromatic nitrogens is 4. The smallest absolute Gasteiger partial charge is 0.343 e. The Morgan fingerprint density at radius 3 is 2.69 bits per heavy atom. The van der Waals surface area contributed by atoms with Crippen LogP contribution in [0.5, 0.6) is 11.5 Å². The highest BCUT2D eigenvalue weighted by Gasteiger charge is 2.18. The molecule has 3 heterocycles. The lowest BCUT2D eigenvalue weighted by molar-refractivity contribution is 0.0528. The van der Waals surface area contributed by atoms with E-state index >= 15 is 0 Å². The number of rotatable bonds is 5. The first-order chi connectivity index (χ1) is 14.1. The minimum atomic E-state index is -0.510.